The second-order valence-electron chi connectivity index (χ2n) is 3.07. The lowest BCUT2D eigenvalue weighted by Crippen LogP contribution is -2.33. The minimum absolute atomic E-state index is 0.450. The van der Waals surface area contributed by atoms with Crippen LogP contribution in [0.3, 0.4) is 0 Å². The minimum Gasteiger partial charge on any atom is -0.710 e. The highest BCUT2D eigenvalue weighted by atomic mass is 16.5. The van der Waals surface area contributed by atoms with Crippen LogP contribution in [0.4, 0.5) is 0 Å². The van der Waals surface area contributed by atoms with Crippen LogP contribution in [-0.4, -0.2) is 4.98 Å². The monoisotopic (exact) mass is 186 g/mol. The van der Waals surface area contributed by atoms with Gasteiger partial charge in [-0.25, -0.2) is 4.73 Å². The van der Waals surface area contributed by atoms with Crippen LogP contribution in [-0.2, 0) is 0 Å². The van der Waals surface area contributed by atoms with Gasteiger partial charge in [0.25, 0.3) is 0 Å². The van der Waals surface area contributed by atoms with Crippen LogP contribution in [0.5, 0.6) is 0 Å². The molecule has 2 aromatic rings. The molecule has 0 atom stereocenters. The first-order valence-electron chi connectivity index (χ1n) is 4.39. The molecule has 70 valence electrons. The Morgan fingerprint density at radius 2 is 1.86 bits per heavy atom. The zero-order chi connectivity index (χ0) is 9.97. The second kappa shape index (κ2) is 3.46. The molecule has 3 heteroatoms. The van der Waals surface area contributed by atoms with E-state index in [1.165, 1.54) is 0 Å². The van der Waals surface area contributed by atoms with E-state index in [4.69, 9.17) is 0 Å². The second-order valence-corrected chi connectivity index (χ2v) is 3.07. The third-order valence-corrected chi connectivity index (χ3v) is 2.06. The van der Waals surface area contributed by atoms with E-state index in [-0.39, 0.29) is 0 Å². The van der Waals surface area contributed by atoms with E-state index in [2.05, 4.69) is 4.98 Å². The van der Waals surface area contributed by atoms with Crippen molar-refractivity contribution in [2.24, 2.45) is 0 Å². The molecule has 0 bridgehead atoms. The summed E-state index contributed by atoms with van der Waals surface area (Å²) in [6.07, 6.45) is 1.64. The molecule has 0 aliphatic carbocycles. The number of hydrogen-bond acceptors (Lipinski definition) is 2. The van der Waals surface area contributed by atoms with Crippen LogP contribution in [0, 0.1) is 12.1 Å². The summed E-state index contributed by atoms with van der Waals surface area (Å²) in [6, 6.07) is 11.1. The Morgan fingerprint density at radius 1 is 1.14 bits per heavy atom. The number of hydrogen-bond donors (Lipinski definition) is 0. The molecular formula is C11H10N2O. The Bertz CT molecular complexity index is 440. The Kier molecular flexibility index (Phi) is 2.14. The SMILES string of the molecule is Cc1ccnc(-c2ccccc2)[n+]1[O-]. The molecule has 0 saturated heterocycles. The van der Waals surface area contributed by atoms with Gasteiger partial charge in [0.05, 0.1) is 5.56 Å². The van der Waals surface area contributed by atoms with Gasteiger partial charge in [0.15, 0.2) is 0 Å². The highest BCUT2D eigenvalue weighted by molar-refractivity contribution is 5.51. The van der Waals surface area contributed by atoms with Crippen molar-refractivity contribution in [3.63, 3.8) is 0 Å². The molecule has 1 heterocycles. The molecule has 0 unspecified atom stereocenters. The molecule has 0 aliphatic heterocycles. The van der Waals surface area contributed by atoms with E-state index in [1.54, 1.807) is 19.2 Å². The first-order chi connectivity index (χ1) is 6.79. The van der Waals surface area contributed by atoms with Crippen LogP contribution >= 0.6 is 0 Å². The molecule has 0 radical (unpaired) electrons. The molecule has 3 nitrogen and oxygen atoms in total. The number of aromatic nitrogens is 2. The van der Waals surface area contributed by atoms with Crippen molar-refractivity contribution in [2.45, 2.75) is 6.92 Å². The van der Waals surface area contributed by atoms with Crippen LogP contribution in [0.25, 0.3) is 11.4 Å². The van der Waals surface area contributed by atoms with E-state index in [1.807, 2.05) is 30.3 Å². The van der Waals surface area contributed by atoms with E-state index in [0.29, 0.717) is 11.5 Å². The van der Waals surface area contributed by atoms with Gasteiger partial charge >= 0.3 is 5.82 Å². The molecule has 2 rings (SSSR count). The highest BCUT2D eigenvalue weighted by Gasteiger charge is 2.10. The van der Waals surface area contributed by atoms with Crippen LogP contribution in [0.1, 0.15) is 5.69 Å². The van der Waals surface area contributed by atoms with Gasteiger partial charge in [0, 0.05) is 6.07 Å². The predicted molar refractivity (Wildman–Crippen MR) is 53.4 cm³/mol. The zero-order valence-corrected chi connectivity index (χ0v) is 7.84. The summed E-state index contributed by atoms with van der Waals surface area (Å²) in [5.74, 6) is 0.450. The average Bonchev–Trinajstić information content (AvgIpc) is 2.23. The van der Waals surface area contributed by atoms with Crippen LogP contribution in [0.2, 0.25) is 0 Å². The summed E-state index contributed by atoms with van der Waals surface area (Å²) < 4.78 is 0.843. The molecule has 0 fully saturated rings. The van der Waals surface area contributed by atoms with Crippen molar-refractivity contribution in [3.8, 4) is 11.4 Å². The van der Waals surface area contributed by atoms with Crippen LogP contribution in [0.15, 0.2) is 42.6 Å². The maximum Gasteiger partial charge on any atom is 0.333 e. The average molecular weight is 186 g/mol. The lowest BCUT2D eigenvalue weighted by Gasteiger charge is -2.07. The maximum atomic E-state index is 11.6. The van der Waals surface area contributed by atoms with Gasteiger partial charge in [-0.05, 0) is 24.0 Å². The fourth-order valence-corrected chi connectivity index (χ4v) is 1.28. The Morgan fingerprint density at radius 3 is 2.57 bits per heavy atom. The van der Waals surface area contributed by atoms with E-state index in [0.717, 1.165) is 10.3 Å². The molecule has 0 amide bonds. The quantitative estimate of drug-likeness (QED) is 0.502. The lowest BCUT2D eigenvalue weighted by molar-refractivity contribution is -0.603. The normalized spacial score (nSPS) is 10.1. The van der Waals surface area contributed by atoms with Crippen molar-refractivity contribution in [3.05, 3.63) is 53.5 Å². The summed E-state index contributed by atoms with van der Waals surface area (Å²) in [5.41, 5.74) is 1.49. The molecule has 0 N–H and O–H groups in total. The highest BCUT2D eigenvalue weighted by Crippen LogP contribution is 2.11. The lowest BCUT2D eigenvalue weighted by atomic mass is 10.2. The third-order valence-electron chi connectivity index (χ3n) is 2.06. The van der Waals surface area contributed by atoms with Gasteiger partial charge in [-0.1, -0.05) is 18.2 Å². The number of aryl methyl sites for hydroxylation is 1. The van der Waals surface area contributed by atoms with Gasteiger partial charge in [0.1, 0.15) is 11.9 Å². The molecule has 0 saturated carbocycles. The van der Waals surface area contributed by atoms with E-state index < -0.39 is 0 Å². The van der Waals surface area contributed by atoms with Gasteiger partial charge in [-0.15, -0.1) is 0 Å². The Labute approximate surface area is 82.3 Å². The Balaban J connectivity index is 2.58. The summed E-state index contributed by atoms with van der Waals surface area (Å²) in [4.78, 5) is 4.06. The number of benzene rings is 1. The molecular weight excluding hydrogens is 176 g/mol. The van der Waals surface area contributed by atoms with E-state index >= 15 is 0 Å². The predicted octanol–water partition coefficient (Wildman–Crippen LogP) is 1.69. The fraction of sp³-hybridized carbons (Fsp3) is 0.0909. The fourth-order valence-electron chi connectivity index (χ4n) is 1.28. The Hall–Kier alpha value is -1.90. The van der Waals surface area contributed by atoms with Crippen molar-refractivity contribution in [1.29, 1.82) is 0 Å². The van der Waals surface area contributed by atoms with Crippen molar-refractivity contribution >= 4 is 0 Å². The van der Waals surface area contributed by atoms with Crippen molar-refractivity contribution in [1.82, 2.24) is 4.98 Å². The van der Waals surface area contributed by atoms with Gasteiger partial charge in [-0.2, -0.15) is 0 Å². The smallest absolute Gasteiger partial charge is 0.333 e. The van der Waals surface area contributed by atoms with Crippen molar-refractivity contribution in [2.75, 3.05) is 0 Å². The maximum absolute atomic E-state index is 11.6. The van der Waals surface area contributed by atoms with Gasteiger partial charge < -0.3 is 5.21 Å². The summed E-state index contributed by atoms with van der Waals surface area (Å²) >= 11 is 0. The summed E-state index contributed by atoms with van der Waals surface area (Å²) in [5, 5.41) is 11.6. The number of nitrogens with zero attached hydrogens (tertiary/aromatic N) is 2. The molecule has 1 aromatic heterocycles. The summed E-state index contributed by atoms with van der Waals surface area (Å²) in [7, 11) is 0. The molecule has 1 aromatic carbocycles. The standard InChI is InChI=1S/C11H10N2O/c1-9-7-8-12-11(13(9)14)10-5-3-2-4-6-10/h2-8H,1H3. The molecule has 0 spiro atoms. The largest absolute Gasteiger partial charge is 0.710 e. The minimum atomic E-state index is 0.450. The molecule has 14 heavy (non-hydrogen) atoms. The topological polar surface area (TPSA) is 39.8 Å². The number of rotatable bonds is 1. The summed E-state index contributed by atoms with van der Waals surface area (Å²) in [6.45, 7) is 1.76. The van der Waals surface area contributed by atoms with Crippen LogP contribution < -0.4 is 4.73 Å². The molecule has 0 aliphatic rings. The van der Waals surface area contributed by atoms with Crippen molar-refractivity contribution < 1.29 is 4.73 Å². The van der Waals surface area contributed by atoms with Gasteiger partial charge in [-0.3, -0.25) is 0 Å². The first-order valence-corrected chi connectivity index (χ1v) is 4.39. The van der Waals surface area contributed by atoms with E-state index in [9.17, 15) is 5.21 Å². The van der Waals surface area contributed by atoms with Gasteiger partial charge in [0.2, 0.25) is 0 Å². The first kappa shape index (κ1) is 8.69. The third kappa shape index (κ3) is 1.44. The zero-order valence-electron chi connectivity index (χ0n) is 7.84.